The van der Waals surface area contributed by atoms with Crippen LogP contribution in [0.4, 0.5) is 17.1 Å². The molecule has 0 atom stereocenters. The van der Waals surface area contributed by atoms with E-state index in [1.807, 2.05) is 0 Å². The quantitative estimate of drug-likeness (QED) is 0.168. The molecule has 0 spiro atoms. The Bertz CT molecular complexity index is 2910. The molecule has 10 rings (SSSR count). The standard InChI is InChI=1S/C50H33N/c1-3-15-38-32-40(25-24-34(38)12-1)49-47-21-9-7-19-45(47)46-20-8-10-22-48(46)50(49)51(42-31-26-35-13-2-4-16-39(35)33-42)41-29-27-37(28-30-41)44-23-11-17-36-14-5-6-18-43(36)44/h1-33H. The first kappa shape index (κ1) is 29.2. The van der Waals surface area contributed by atoms with Gasteiger partial charge in [0.05, 0.1) is 5.69 Å². The molecule has 1 nitrogen and oxygen atoms in total. The van der Waals surface area contributed by atoms with Gasteiger partial charge in [0, 0.05) is 22.3 Å². The SMILES string of the molecule is c1ccc2cc(-c3c(N(c4ccc(-c5cccc6ccccc56)cc4)c4ccc5ccccc5c4)c4ccccc4c4ccccc34)ccc2c1. The third-order valence-corrected chi connectivity index (χ3v) is 10.4. The summed E-state index contributed by atoms with van der Waals surface area (Å²) in [5.41, 5.74) is 8.26. The number of benzene rings is 10. The third kappa shape index (κ3) is 4.94. The molecule has 10 aromatic rings. The molecule has 0 amide bonds. The maximum absolute atomic E-state index is 2.48. The zero-order chi connectivity index (χ0) is 33.7. The Hall–Kier alpha value is -6.70. The lowest BCUT2D eigenvalue weighted by atomic mass is 9.89. The van der Waals surface area contributed by atoms with Gasteiger partial charge in [0.15, 0.2) is 0 Å². The average molecular weight is 648 g/mol. The van der Waals surface area contributed by atoms with Gasteiger partial charge in [-0.3, -0.25) is 0 Å². The minimum Gasteiger partial charge on any atom is -0.309 e. The molecular weight excluding hydrogens is 615 g/mol. The molecular formula is C50H33N. The highest BCUT2D eigenvalue weighted by molar-refractivity contribution is 6.23. The molecule has 0 aliphatic rings. The fraction of sp³-hybridized carbons (Fsp3) is 0. The molecule has 0 aliphatic carbocycles. The minimum atomic E-state index is 1.11. The Kier molecular flexibility index (Phi) is 6.89. The zero-order valence-electron chi connectivity index (χ0n) is 28.0. The number of nitrogens with zero attached hydrogens (tertiary/aromatic N) is 1. The fourth-order valence-electron chi connectivity index (χ4n) is 7.98. The topological polar surface area (TPSA) is 3.24 Å². The molecule has 0 saturated carbocycles. The van der Waals surface area contributed by atoms with Gasteiger partial charge in [-0.2, -0.15) is 0 Å². The molecule has 0 saturated heterocycles. The summed E-state index contributed by atoms with van der Waals surface area (Å²) in [4.78, 5) is 2.48. The number of fused-ring (bicyclic) bond motifs is 6. The summed E-state index contributed by atoms with van der Waals surface area (Å²) in [6, 6.07) is 73.2. The summed E-state index contributed by atoms with van der Waals surface area (Å²) in [6.07, 6.45) is 0. The Balaban J connectivity index is 1.29. The molecule has 0 N–H and O–H groups in total. The van der Waals surface area contributed by atoms with E-state index >= 15 is 0 Å². The van der Waals surface area contributed by atoms with Crippen LogP contribution in [0.25, 0.3) is 76.1 Å². The van der Waals surface area contributed by atoms with Crippen LogP contribution < -0.4 is 4.90 Å². The minimum absolute atomic E-state index is 1.11. The van der Waals surface area contributed by atoms with Crippen LogP contribution in [-0.2, 0) is 0 Å². The molecule has 0 fully saturated rings. The van der Waals surface area contributed by atoms with Gasteiger partial charge in [-0.25, -0.2) is 0 Å². The monoisotopic (exact) mass is 647 g/mol. The normalized spacial score (nSPS) is 11.5. The van der Waals surface area contributed by atoms with Gasteiger partial charge in [0.2, 0.25) is 0 Å². The first-order chi connectivity index (χ1) is 25.3. The van der Waals surface area contributed by atoms with Crippen molar-refractivity contribution in [3.05, 3.63) is 200 Å². The van der Waals surface area contributed by atoms with Crippen molar-refractivity contribution in [3.8, 4) is 22.3 Å². The van der Waals surface area contributed by atoms with Crippen molar-refractivity contribution in [2.75, 3.05) is 4.90 Å². The molecule has 0 aliphatic heterocycles. The number of anilines is 3. The van der Waals surface area contributed by atoms with E-state index in [4.69, 9.17) is 0 Å². The fourth-order valence-corrected chi connectivity index (χ4v) is 7.98. The van der Waals surface area contributed by atoms with Crippen LogP contribution in [0.2, 0.25) is 0 Å². The van der Waals surface area contributed by atoms with Crippen molar-refractivity contribution < 1.29 is 0 Å². The maximum Gasteiger partial charge on any atom is 0.0624 e. The van der Waals surface area contributed by atoms with Crippen molar-refractivity contribution in [2.24, 2.45) is 0 Å². The first-order valence-electron chi connectivity index (χ1n) is 17.6. The smallest absolute Gasteiger partial charge is 0.0624 e. The predicted octanol–water partition coefficient (Wildman–Crippen LogP) is 14.3. The van der Waals surface area contributed by atoms with Crippen molar-refractivity contribution >= 4 is 70.9 Å². The molecule has 10 aromatic carbocycles. The van der Waals surface area contributed by atoms with E-state index in [1.165, 1.54) is 81.8 Å². The third-order valence-electron chi connectivity index (χ3n) is 10.4. The number of hydrogen-bond acceptors (Lipinski definition) is 1. The van der Waals surface area contributed by atoms with E-state index in [1.54, 1.807) is 0 Å². The summed E-state index contributed by atoms with van der Waals surface area (Å²) in [6.45, 7) is 0. The van der Waals surface area contributed by atoms with Crippen LogP contribution in [0.15, 0.2) is 200 Å². The van der Waals surface area contributed by atoms with Gasteiger partial charge in [-0.15, -0.1) is 0 Å². The van der Waals surface area contributed by atoms with Crippen LogP contribution in [0, 0.1) is 0 Å². The molecule has 1 heteroatoms. The first-order valence-corrected chi connectivity index (χ1v) is 17.6. The van der Waals surface area contributed by atoms with Crippen LogP contribution in [0.3, 0.4) is 0 Å². The van der Waals surface area contributed by atoms with E-state index in [0.29, 0.717) is 0 Å². The van der Waals surface area contributed by atoms with Gasteiger partial charge in [-0.05, 0) is 95.5 Å². The molecule has 0 bridgehead atoms. The van der Waals surface area contributed by atoms with Gasteiger partial charge in [0.1, 0.15) is 0 Å². The molecule has 51 heavy (non-hydrogen) atoms. The lowest BCUT2D eigenvalue weighted by Crippen LogP contribution is -2.12. The zero-order valence-corrected chi connectivity index (χ0v) is 28.0. The summed E-state index contributed by atoms with van der Waals surface area (Å²) in [5.74, 6) is 0. The summed E-state index contributed by atoms with van der Waals surface area (Å²) in [7, 11) is 0. The second kappa shape index (κ2) is 12.0. The lowest BCUT2D eigenvalue weighted by Gasteiger charge is -2.31. The Labute approximate surface area is 297 Å². The van der Waals surface area contributed by atoms with E-state index in [2.05, 4.69) is 205 Å². The van der Waals surface area contributed by atoms with Crippen molar-refractivity contribution in [3.63, 3.8) is 0 Å². The Morgan fingerprint density at radius 1 is 0.275 bits per heavy atom. The molecule has 0 aromatic heterocycles. The molecule has 0 radical (unpaired) electrons. The molecule has 0 unspecified atom stereocenters. The Morgan fingerprint density at radius 2 is 0.765 bits per heavy atom. The molecule has 238 valence electrons. The second-order valence-corrected chi connectivity index (χ2v) is 13.3. The van der Waals surface area contributed by atoms with Crippen LogP contribution in [-0.4, -0.2) is 0 Å². The Morgan fingerprint density at radius 3 is 1.49 bits per heavy atom. The van der Waals surface area contributed by atoms with Gasteiger partial charge in [-0.1, -0.05) is 170 Å². The summed E-state index contributed by atoms with van der Waals surface area (Å²) < 4.78 is 0. The van der Waals surface area contributed by atoms with Gasteiger partial charge >= 0.3 is 0 Å². The lowest BCUT2D eigenvalue weighted by molar-refractivity contribution is 1.31. The highest BCUT2D eigenvalue weighted by Crippen LogP contribution is 2.50. The number of hydrogen-bond donors (Lipinski definition) is 0. The van der Waals surface area contributed by atoms with Gasteiger partial charge < -0.3 is 4.90 Å². The maximum atomic E-state index is 2.48. The average Bonchev–Trinajstić information content (AvgIpc) is 3.21. The molecule has 0 heterocycles. The highest BCUT2D eigenvalue weighted by atomic mass is 15.1. The van der Waals surface area contributed by atoms with Crippen molar-refractivity contribution in [1.82, 2.24) is 0 Å². The second-order valence-electron chi connectivity index (χ2n) is 13.3. The summed E-state index contributed by atoms with van der Waals surface area (Å²) >= 11 is 0. The van der Waals surface area contributed by atoms with E-state index < -0.39 is 0 Å². The van der Waals surface area contributed by atoms with E-state index in [9.17, 15) is 0 Å². The van der Waals surface area contributed by atoms with E-state index in [0.717, 1.165) is 11.4 Å². The van der Waals surface area contributed by atoms with Crippen molar-refractivity contribution in [2.45, 2.75) is 0 Å². The van der Waals surface area contributed by atoms with Crippen molar-refractivity contribution in [1.29, 1.82) is 0 Å². The summed E-state index contributed by atoms with van der Waals surface area (Å²) in [5, 5.41) is 12.4. The predicted molar refractivity (Wildman–Crippen MR) is 220 cm³/mol. The van der Waals surface area contributed by atoms with Crippen LogP contribution >= 0.6 is 0 Å². The van der Waals surface area contributed by atoms with Gasteiger partial charge in [0.25, 0.3) is 0 Å². The van der Waals surface area contributed by atoms with Crippen LogP contribution in [0.5, 0.6) is 0 Å². The van der Waals surface area contributed by atoms with E-state index in [-0.39, 0.29) is 0 Å². The number of rotatable bonds is 5. The highest BCUT2D eigenvalue weighted by Gasteiger charge is 2.24. The van der Waals surface area contributed by atoms with Crippen LogP contribution in [0.1, 0.15) is 0 Å². The largest absolute Gasteiger partial charge is 0.309 e.